The third kappa shape index (κ3) is 2.00. The third-order valence-electron chi connectivity index (χ3n) is 2.25. The van der Waals surface area contributed by atoms with Gasteiger partial charge in [-0.05, 0) is 6.07 Å². The lowest BCUT2D eigenvalue weighted by Gasteiger charge is -2.08. The Balaban J connectivity index is 2.78. The fourth-order valence-corrected chi connectivity index (χ4v) is 1.72. The van der Waals surface area contributed by atoms with Crippen LogP contribution in [0.3, 0.4) is 0 Å². The molecule has 0 saturated heterocycles. The van der Waals surface area contributed by atoms with Gasteiger partial charge in [-0.2, -0.15) is 13.2 Å². The fourth-order valence-electron chi connectivity index (χ4n) is 1.46. The summed E-state index contributed by atoms with van der Waals surface area (Å²) in [4.78, 5) is 15.0. The summed E-state index contributed by atoms with van der Waals surface area (Å²) in [6, 6.07) is 0.786. The van der Waals surface area contributed by atoms with Gasteiger partial charge in [0.05, 0.1) is 16.8 Å². The van der Waals surface area contributed by atoms with Crippen molar-refractivity contribution >= 4 is 23.0 Å². The van der Waals surface area contributed by atoms with E-state index in [4.69, 9.17) is 11.6 Å². The predicted molar refractivity (Wildman–Crippen MR) is 55.2 cm³/mol. The summed E-state index contributed by atoms with van der Waals surface area (Å²) in [5, 5.41) is -0.146. The van der Waals surface area contributed by atoms with Crippen LogP contribution in [0.25, 0.3) is 5.65 Å². The highest BCUT2D eigenvalue weighted by atomic mass is 35.5. The number of nitrogens with zero attached hydrogens (tertiary/aromatic N) is 2. The standard InChI is InChI=1S/C10H6ClF3N2O/c1-5(17)8-3-15-9-7(11)2-6(4-16(8)9)10(12,13)14/h2-4H,1H3. The van der Waals surface area contributed by atoms with Gasteiger partial charge < -0.3 is 0 Å². The van der Waals surface area contributed by atoms with Crippen molar-refractivity contribution in [2.24, 2.45) is 0 Å². The molecule has 0 bridgehead atoms. The highest BCUT2D eigenvalue weighted by molar-refractivity contribution is 6.33. The molecule has 0 aliphatic carbocycles. The molecule has 0 spiro atoms. The maximum atomic E-state index is 12.6. The number of alkyl halides is 3. The number of carbonyl (C=O) groups is 1. The van der Waals surface area contributed by atoms with Crippen molar-refractivity contribution in [2.45, 2.75) is 13.1 Å². The number of Topliss-reactive ketones (excluding diaryl/α,β-unsaturated/α-hetero) is 1. The smallest absolute Gasteiger partial charge is 0.295 e. The Bertz CT molecular complexity index is 603. The van der Waals surface area contributed by atoms with E-state index in [1.165, 1.54) is 13.1 Å². The van der Waals surface area contributed by atoms with Crippen molar-refractivity contribution in [2.75, 3.05) is 0 Å². The minimum atomic E-state index is -4.52. The zero-order valence-corrected chi connectivity index (χ0v) is 9.30. The first-order valence-electron chi connectivity index (χ1n) is 4.55. The number of pyridine rings is 1. The topological polar surface area (TPSA) is 34.4 Å². The summed E-state index contributed by atoms with van der Waals surface area (Å²) in [7, 11) is 0. The van der Waals surface area contributed by atoms with Gasteiger partial charge in [0.1, 0.15) is 5.69 Å². The Morgan fingerprint density at radius 1 is 1.47 bits per heavy atom. The van der Waals surface area contributed by atoms with E-state index >= 15 is 0 Å². The molecule has 0 atom stereocenters. The lowest BCUT2D eigenvalue weighted by Crippen LogP contribution is -2.08. The van der Waals surface area contributed by atoms with E-state index in [1.54, 1.807) is 0 Å². The van der Waals surface area contributed by atoms with Crippen molar-refractivity contribution in [1.82, 2.24) is 9.38 Å². The van der Waals surface area contributed by atoms with Crippen LogP contribution in [0.1, 0.15) is 23.0 Å². The van der Waals surface area contributed by atoms with Gasteiger partial charge in [-0.25, -0.2) is 4.98 Å². The van der Waals surface area contributed by atoms with Gasteiger partial charge in [0, 0.05) is 13.1 Å². The zero-order valence-electron chi connectivity index (χ0n) is 8.55. The maximum Gasteiger partial charge on any atom is 0.417 e. The molecule has 0 aliphatic rings. The van der Waals surface area contributed by atoms with Crippen LogP contribution < -0.4 is 0 Å². The second kappa shape index (κ2) is 3.73. The normalized spacial score (nSPS) is 12.1. The number of halogens is 4. The summed E-state index contributed by atoms with van der Waals surface area (Å²) < 4.78 is 38.7. The molecule has 0 saturated carbocycles. The van der Waals surface area contributed by atoms with Crippen molar-refractivity contribution in [3.05, 3.63) is 34.7 Å². The van der Waals surface area contributed by atoms with Crippen LogP contribution >= 0.6 is 11.6 Å². The quantitative estimate of drug-likeness (QED) is 0.740. The molecule has 2 aromatic heterocycles. The van der Waals surface area contributed by atoms with Crippen LogP contribution in [0, 0.1) is 0 Å². The minimum Gasteiger partial charge on any atom is -0.295 e. The summed E-state index contributed by atoms with van der Waals surface area (Å²) in [6.07, 6.45) is -2.51. The van der Waals surface area contributed by atoms with Crippen molar-refractivity contribution in [3.63, 3.8) is 0 Å². The number of hydrogen-bond acceptors (Lipinski definition) is 2. The fraction of sp³-hybridized carbons (Fsp3) is 0.200. The number of fused-ring (bicyclic) bond motifs is 1. The van der Waals surface area contributed by atoms with Gasteiger partial charge in [-0.1, -0.05) is 11.6 Å². The molecular weight excluding hydrogens is 257 g/mol. The van der Waals surface area contributed by atoms with Crippen LogP contribution in [0.2, 0.25) is 5.02 Å². The molecule has 0 aliphatic heterocycles. The van der Waals surface area contributed by atoms with E-state index in [1.807, 2.05) is 0 Å². The first-order valence-corrected chi connectivity index (χ1v) is 4.93. The summed E-state index contributed by atoms with van der Waals surface area (Å²) in [5.41, 5.74) is -0.728. The van der Waals surface area contributed by atoms with E-state index in [0.717, 1.165) is 16.7 Å². The molecule has 3 nitrogen and oxygen atoms in total. The Labute approximate surface area is 98.8 Å². The van der Waals surface area contributed by atoms with Crippen molar-refractivity contribution in [1.29, 1.82) is 0 Å². The van der Waals surface area contributed by atoms with Crippen LogP contribution in [-0.2, 0) is 6.18 Å². The van der Waals surface area contributed by atoms with E-state index in [2.05, 4.69) is 4.98 Å². The number of imidazole rings is 1. The second-order valence-electron chi connectivity index (χ2n) is 3.47. The van der Waals surface area contributed by atoms with Crippen LogP contribution in [0.15, 0.2) is 18.5 Å². The van der Waals surface area contributed by atoms with Gasteiger partial charge >= 0.3 is 6.18 Å². The Morgan fingerprint density at radius 2 is 2.12 bits per heavy atom. The largest absolute Gasteiger partial charge is 0.417 e. The molecule has 7 heteroatoms. The summed E-state index contributed by atoms with van der Waals surface area (Å²) in [6.45, 7) is 1.25. The molecule has 17 heavy (non-hydrogen) atoms. The molecule has 2 rings (SSSR count). The van der Waals surface area contributed by atoms with Crippen molar-refractivity contribution in [3.8, 4) is 0 Å². The average Bonchev–Trinajstić information content (AvgIpc) is 2.60. The SMILES string of the molecule is CC(=O)c1cnc2c(Cl)cc(C(F)(F)F)cn12. The van der Waals surface area contributed by atoms with Crippen molar-refractivity contribution < 1.29 is 18.0 Å². The van der Waals surface area contributed by atoms with Gasteiger partial charge in [0.25, 0.3) is 0 Å². The molecule has 0 fully saturated rings. The number of carbonyl (C=O) groups excluding carboxylic acids is 1. The average molecular weight is 263 g/mol. The molecule has 0 aromatic carbocycles. The predicted octanol–water partition coefficient (Wildman–Crippen LogP) is 3.21. The number of rotatable bonds is 1. The number of ketones is 1. The van der Waals surface area contributed by atoms with Gasteiger partial charge in [0.15, 0.2) is 11.4 Å². The molecule has 0 unspecified atom stereocenters. The minimum absolute atomic E-state index is 0.0630. The van der Waals surface area contributed by atoms with Crippen LogP contribution in [-0.4, -0.2) is 15.2 Å². The van der Waals surface area contributed by atoms with Gasteiger partial charge in [-0.3, -0.25) is 9.20 Å². The van der Waals surface area contributed by atoms with Crippen LogP contribution in [0.4, 0.5) is 13.2 Å². The molecule has 0 N–H and O–H groups in total. The number of hydrogen-bond donors (Lipinski definition) is 0. The molecule has 2 aromatic rings. The third-order valence-corrected chi connectivity index (χ3v) is 2.53. The Hall–Kier alpha value is -1.56. The van der Waals surface area contributed by atoms with Gasteiger partial charge in [0.2, 0.25) is 0 Å². The second-order valence-corrected chi connectivity index (χ2v) is 3.87. The molecule has 2 heterocycles. The Kier molecular flexibility index (Phi) is 2.61. The molecule has 0 radical (unpaired) electrons. The van der Waals surface area contributed by atoms with E-state index in [9.17, 15) is 18.0 Å². The first kappa shape index (κ1) is 11.9. The highest BCUT2D eigenvalue weighted by Gasteiger charge is 2.32. The van der Waals surface area contributed by atoms with E-state index < -0.39 is 11.7 Å². The monoisotopic (exact) mass is 262 g/mol. The highest BCUT2D eigenvalue weighted by Crippen LogP contribution is 2.32. The molecule has 90 valence electrons. The van der Waals surface area contributed by atoms with E-state index in [0.29, 0.717) is 0 Å². The summed E-state index contributed by atoms with van der Waals surface area (Å²) >= 11 is 5.69. The lowest BCUT2D eigenvalue weighted by atomic mass is 10.2. The first-order chi connectivity index (χ1) is 7.80. The molecular formula is C10H6ClF3N2O. The lowest BCUT2D eigenvalue weighted by molar-refractivity contribution is -0.137. The number of aromatic nitrogens is 2. The van der Waals surface area contributed by atoms with Crippen LogP contribution in [0.5, 0.6) is 0 Å². The van der Waals surface area contributed by atoms with Gasteiger partial charge in [-0.15, -0.1) is 0 Å². The Morgan fingerprint density at radius 3 is 2.65 bits per heavy atom. The maximum absolute atomic E-state index is 12.6. The molecule has 0 amide bonds. The zero-order chi connectivity index (χ0) is 12.8. The summed E-state index contributed by atoms with van der Waals surface area (Å²) in [5.74, 6) is -0.382. The van der Waals surface area contributed by atoms with E-state index in [-0.39, 0.29) is 22.1 Å².